The Kier molecular flexibility index (Phi) is 7.52. The highest BCUT2D eigenvalue weighted by molar-refractivity contribution is 5.92. The summed E-state index contributed by atoms with van der Waals surface area (Å²) < 4.78 is 5.41. The molecule has 9 heteroatoms. The van der Waals surface area contributed by atoms with Gasteiger partial charge in [-0.05, 0) is 81.0 Å². The summed E-state index contributed by atoms with van der Waals surface area (Å²) in [7, 11) is 0. The van der Waals surface area contributed by atoms with Crippen molar-refractivity contribution in [1.29, 1.82) is 0 Å². The molecule has 1 fully saturated rings. The molecule has 0 unspecified atom stereocenters. The number of hydrogen-bond donors (Lipinski definition) is 2. The number of nitrogens with zero attached hydrogens (tertiary/aromatic N) is 4. The summed E-state index contributed by atoms with van der Waals surface area (Å²) in [6.07, 6.45) is 2.68. The number of rotatable bonds is 3. The van der Waals surface area contributed by atoms with Gasteiger partial charge in [-0.1, -0.05) is 29.1 Å². The first-order chi connectivity index (χ1) is 15.6. The molecule has 3 aromatic rings. The number of hydrogen-bond acceptors (Lipinski definition) is 6. The van der Waals surface area contributed by atoms with Gasteiger partial charge < -0.3 is 20.6 Å². The third-order valence-corrected chi connectivity index (χ3v) is 5.36. The number of benzene rings is 2. The Balaban J connectivity index is 0.000000252. The molecule has 2 aromatic carbocycles. The van der Waals surface area contributed by atoms with Crippen LogP contribution in [0.1, 0.15) is 49.5 Å². The standard InChI is InChI=1S/C18H26N2O3.C6H5N3O/c1-18(2,3)23-17(22)20-10-8-14(9-11-20)12-13-4-6-15(7-5-13)16(19)21;10-9-6-4-2-1-3-5(6)7-8-9/h4-7,14H,8-12H2,1-3H3,(H2,19,21);1-4,10H. The molecule has 0 spiro atoms. The Hall–Kier alpha value is -3.62. The minimum absolute atomic E-state index is 0.221. The smallest absolute Gasteiger partial charge is 0.410 e. The highest BCUT2D eigenvalue weighted by Crippen LogP contribution is 2.23. The van der Waals surface area contributed by atoms with E-state index in [1.54, 1.807) is 29.2 Å². The highest BCUT2D eigenvalue weighted by atomic mass is 16.6. The molecule has 2 amide bonds. The zero-order valence-corrected chi connectivity index (χ0v) is 19.3. The summed E-state index contributed by atoms with van der Waals surface area (Å²) in [4.78, 5) is 25.7. The molecule has 0 bridgehead atoms. The van der Waals surface area contributed by atoms with Gasteiger partial charge in [0.1, 0.15) is 16.6 Å². The lowest BCUT2D eigenvalue weighted by Crippen LogP contribution is -2.42. The molecule has 0 atom stereocenters. The SMILES string of the molecule is CC(C)(C)OC(=O)N1CCC(Cc2ccc(C(N)=O)cc2)CC1.On1nnc2ccccc21. The van der Waals surface area contributed by atoms with E-state index < -0.39 is 11.5 Å². The summed E-state index contributed by atoms with van der Waals surface area (Å²) in [5.74, 6) is 0.148. The average molecular weight is 454 g/mol. The van der Waals surface area contributed by atoms with Gasteiger partial charge in [0.25, 0.3) is 0 Å². The van der Waals surface area contributed by atoms with Gasteiger partial charge in [0.05, 0.1) is 0 Å². The molecule has 33 heavy (non-hydrogen) atoms. The minimum atomic E-state index is -0.448. The van der Waals surface area contributed by atoms with Crippen LogP contribution in [0, 0.1) is 5.92 Å². The molecule has 0 aliphatic carbocycles. The van der Waals surface area contributed by atoms with E-state index >= 15 is 0 Å². The second-order valence-electron chi connectivity index (χ2n) is 9.14. The third kappa shape index (κ3) is 6.93. The van der Waals surface area contributed by atoms with Crippen molar-refractivity contribution in [3.05, 3.63) is 59.7 Å². The van der Waals surface area contributed by atoms with Gasteiger partial charge in [-0.2, -0.15) is 0 Å². The largest absolute Gasteiger partial charge is 0.444 e. The number of piperidine rings is 1. The summed E-state index contributed by atoms with van der Waals surface area (Å²) in [5.41, 5.74) is 7.86. The van der Waals surface area contributed by atoms with Crippen LogP contribution in [-0.2, 0) is 11.2 Å². The molecule has 0 radical (unpaired) electrons. The van der Waals surface area contributed by atoms with Crippen molar-refractivity contribution in [2.24, 2.45) is 11.7 Å². The van der Waals surface area contributed by atoms with Crippen molar-refractivity contribution in [2.75, 3.05) is 13.1 Å². The predicted molar refractivity (Wildman–Crippen MR) is 124 cm³/mol. The highest BCUT2D eigenvalue weighted by Gasteiger charge is 2.26. The number of primary amides is 1. The lowest BCUT2D eigenvalue weighted by atomic mass is 9.90. The predicted octanol–water partition coefficient (Wildman–Crippen LogP) is 3.64. The van der Waals surface area contributed by atoms with E-state index in [9.17, 15) is 9.59 Å². The number of likely N-dealkylation sites (tertiary alicyclic amines) is 1. The van der Waals surface area contributed by atoms with Crippen molar-refractivity contribution in [3.63, 3.8) is 0 Å². The van der Waals surface area contributed by atoms with Crippen LogP contribution in [0.25, 0.3) is 11.0 Å². The molecular formula is C24H31N5O4. The number of nitrogens with two attached hydrogens (primary N) is 1. The number of fused-ring (bicyclic) bond motifs is 1. The van der Waals surface area contributed by atoms with Crippen LogP contribution in [0.3, 0.4) is 0 Å². The van der Waals surface area contributed by atoms with Gasteiger partial charge in [-0.3, -0.25) is 4.79 Å². The fourth-order valence-corrected chi connectivity index (χ4v) is 3.64. The Morgan fingerprint density at radius 2 is 1.73 bits per heavy atom. The fraction of sp³-hybridized carbons (Fsp3) is 0.417. The molecule has 0 saturated carbocycles. The van der Waals surface area contributed by atoms with Crippen LogP contribution in [0.15, 0.2) is 48.5 Å². The topological polar surface area (TPSA) is 124 Å². The number of para-hydroxylation sites is 1. The van der Waals surface area contributed by atoms with E-state index in [-0.39, 0.29) is 6.09 Å². The van der Waals surface area contributed by atoms with Crippen molar-refractivity contribution < 1.29 is 19.5 Å². The third-order valence-electron chi connectivity index (χ3n) is 5.36. The molecule has 4 rings (SSSR count). The van der Waals surface area contributed by atoms with Gasteiger partial charge in [-0.15, -0.1) is 5.10 Å². The zero-order valence-electron chi connectivity index (χ0n) is 19.3. The molecule has 1 aromatic heterocycles. The molecule has 1 aliphatic rings. The van der Waals surface area contributed by atoms with Crippen molar-refractivity contribution in [3.8, 4) is 0 Å². The minimum Gasteiger partial charge on any atom is -0.444 e. The summed E-state index contributed by atoms with van der Waals surface area (Å²) in [5, 5.41) is 16.1. The Bertz CT molecular complexity index is 1080. The van der Waals surface area contributed by atoms with Gasteiger partial charge in [0.15, 0.2) is 0 Å². The average Bonchev–Trinajstić information content (AvgIpc) is 3.15. The number of amides is 2. The van der Waals surface area contributed by atoms with Gasteiger partial charge in [-0.25, -0.2) is 4.79 Å². The van der Waals surface area contributed by atoms with Gasteiger partial charge >= 0.3 is 6.09 Å². The summed E-state index contributed by atoms with van der Waals surface area (Å²) in [6.45, 7) is 7.12. The van der Waals surface area contributed by atoms with Crippen molar-refractivity contribution in [1.82, 2.24) is 20.1 Å². The molecule has 1 saturated heterocycles. The van der Waals surface area contributed by atoms with Crippen LogP contribution in [0.2, 0.25) is 0 Å². The van der Waals surface area contributed by atoms with Gasteiger partial charge in [0, 0.05) is 18.7 Å². The lowest BCUT2D eigenvalue weighted by molar-refractivity contribution is 0.0184. The van der Waals surface area contributed by atoms with Crippen LogP contribution in [0.5, 0.6) is 0 Å². The number of carbonyl (C=O) groups is 2. The van der Waals surface area contributed by atoms with E-state index in [0.717, 1.165) is 37.2 Å². The molecular weight excluding hydrogens is 422 g/mol. The second-order valence-corrected chi connectivity index (χ2v) is 9.14. The normalized spacial score (nSPS) is 14.5. The molecule has 2 heterocycles. The number of aromatic nitrogens is 3. The van der Waals surface area contributed by atoms with E-state index in [4.69, 9.17) is 15.7 Å². The Morgan fingerprint density at radius 1 is 1.09 bits per heavy atom. The summed E-state index contributed by atoms with van der Waals surface area (Å²) >= 11 is 0. The first-order valence-electron chi connectivity index (χ1n) is 11.0. The van der Waals surface area contributed by atoms with E-state index in [2.05, 4.69) is 10.3 Å². The molecule has 176 valence electrons. The van der Waals surface area contributed by atoms with Crippen LogP contribution >= 0.6 is 0 Å². The summed E-state index contributed by atoms with van der Waals surface area (Å²) in [6, 6.07) is 14.7. The van der Waals surface area contributed by atoms with Crippen LogP contribution in [-0.4, -0.2) is 56.0 Å². The fourth-order valence-electron chi connectivity index (χ4n) is 3.64. The number of carbonyl (C=O) groups excluding carboxylic acids is 2. The molecule has 9 nitrogen and oxygen atoms in total. The quantitative estimate of drug-likeness (QED) is 0.584. The van der Waals surface area contributed by atoms with E-state index in [1.165, 1.54) is 5.56 Å². The molecule has 1 aliphatic heterocycles. The van der Waals surface area contributed by atoms with Crippen LogP contribution < -0.4 is 5.73 Å². The maximum absolute atomic E-state index is 12.0. The monoisotopic (exact) mass is 453 g/mol. The van der Waals surface area contributed by atoms with Crippen LogP contribution in [0.4, 0.5) is 4.79 Å². The maximum atomic E-state index is 12.0. The van der Waals surface area contributed by atoms with E-state index in [0.29, 0.717) is 22.5 Å². The zero-order chi connectivity index (χ0) is 24.0. The Morgan fingerprint density at radius 3 is 2.30 bits per heavy atom. The first kappa shape index (κ1) is 24.0. The number of ether oxygens (including phenoxy) is 1. The maximum Gasteiger partial charge on any atom is 0.410 e. The van der Waals surface area contributed by atoms with E-state index in [1.807, 2.05) is 45.0 Å². The Labute approximate surface area is 193 Å². The first-order valence-corrected chi connectivity index (χ1v) is 11.0. The second kappa shape index (κ2) is 10.3. The van der Waals surface area contributed by atoms with Crippen molar-refractivity contribution in [2.45, 2.75) is 45.6 Å². The lowest BCUT2D eigenvalue weighted by Gasteiger charge is -2.33. The molecule has 3 N–H and O–H groups in total. The van der Waals surface area contributed by atoms with Crippen molar-refractivity contribution >= 4 is 23.0 Å². The van der Waals surface area contributed by atoms with Gasteiger partial charge in [0.2, 0.25) is 5.91 Å².